The van der Waals surface area contributed by atoms with E-state index in [2.05, 4.69) is 10.4 Å². The Balaban J connectivity index is 1.94. The predicted octanol–water partition coefficient (Wildman–Crippen LogP) is 1.99. The average molecular weight is 237 g/mol. The molecule has 0 unspecified atom stereocenters. The predicted molar refractivity (Wildman–Crippen MR) is 60.1 cm³/mol. The minimum absolute atomic E-state index is 0.286. The third-order valence-electron chi connectivity index (χ3n) is 2.55. The molecule has 1 aromatic carbocycles. The maximum atomic E-state index is 13.3. The molecule has 3 nitrogen and oxygen atoms in total. The van der Waals surface area contributed by atoms with Crippen LogP contribution in [0.15, 0.2) is 30.5 Å². The number of nitrogens with one attached hydrogen (secondary N) is 1. The van der Waals surface area contributed by atoms with Gasteiger partial charge in [0.05, 0.1) is 5.69 Å². The number of aromatic nitrogens is 2. The molecule has 0 aliphatic carbocycles. The SMILES string of the molecule is Cn1nccc1CNCc1cc(F)ccc1F. The van der Waals surface area contributed by atoms with Crippen LogP contribution in [0.1, 0.15) is 11.3 Å². The van der Waals surface area contributed by atoms with Gasteiger partial charge in [-0.1, -0.05) is 0 Å². The largest absolute Gasteiger partial charge is 0.307 e. The van der Waals surface area contributed by atoms with Crippen LogP contribution in [0.3, 0.4) is 0 Å². The Kier molecular flexibility index (Phi) is 3.49. The summed E-state index contributed by atoms with van der Waals surface area (Å²) >= 11 is 0. The van der Waals surface area contributed by atoms with Gasteiger partial charge < -0.3 is 5.32 Å². The fourth-order valence-corrected chi connectivity index (χ4v) is 1.58. The van der Waals surface area contributed by atoms with E-state index in [0.29, 0.717) is 12.1 Å². The molecule has 0 saturated heterocycles. The first-order valence-corrected chi connectivity index (χ1v) is 5.28. The van der Waals surface area contributed by atoms with E-state index in [1.54, 1.807) is 10.9 Å². The molecule has 90 valence electrons. The molecule has 1 aromatic heterocycles. The number of hydrogen-bond donors (Lipinski definition) is 1. The highest BCUT2D eigenvalue weighted by Crippen LogP contribution is 2.09. The molecule has 1 N–H and O–H groups in total. The third kappa shape index (κ3) is 2.88. The molecule has 0 bridgehead atoms. The van der Waals surface area contributed by atoms with Crippen LogP contribution in [0.5, 0.6) is 0 Å². The van der Waals surface area contributed by atoms with Gasteiger partial charge in [-0.2, -0.15) is 5.10 Å². The average Bonchev–Trinajstić information content (AvgIpc) is 2.70. The molecule has 0 aliphatic heterocycles. The Morgan fingerprint density at radius 1 is 1.24 bits per heavy atom. The summed E-state index contributed by atoms with van der Waals surface area (Å²) in [5.41, 5.74) is 1.31. The minimum Gasteiger partial charge on any atom is -0.307 e. The quantitative estimate of drug-likeness (QED) is 0.881. The van der Waals surface area contributed by atoms with Gasteiger partial charge in [0.25, 0.3) is 0 Å². The number of benzene rings is 1. The molecule has 0 radical (unpaired) electrons. The highest BCUT2D eigenvalue weighted by molar-refractivity contribution is 5.18. The summed E-state index contributed by atoms with van der Waals surface area (Å²) in [7, 11) is 1.83. The lowest BCUT2D eigenvalue weighted by atomic mass is 10.2. The molecule has 5 heteroatoms. The van der Waals surface area contributed by atoms with Crippen LogP contribution in [-0.4, -0.2) is 9.78 Å². The second-order valence-corrected chi connectivity index (χ2v) is 3.79. The summed E-state index contributed by atoms with van der Waals surface area (Å²) in [5.74, 6) is -0.826. The van der Waals surface area contributed by atoms with Crippen LogP contribution in [-0.2, 0) is 20.1 Å². The lowest BCUT2D eigenvalue weighted by Crippen LogP contribution is -2.16. The first kappa shape index (κ1) is 11.7. The van der Waals surface area contributed by atoms with E-state index in [9.17, 15) is 8.78 Å². The van der Waals surface area contributed by atoms with E-state index in [-0.39, 0.29) is 6.54 Å². The Hall–Kier alpha value is -1.75. The van der Waals surface area contributed by atoms with Crippen molar-refractivity contribution in [1.29, 1.82) is 0 Å². The highest BCUT2D eigenvalue weighted by atomic mass is 19.1. The van der Waals surface area contributed by atoms with Crippen LogP contribution >= 0.6 is 0 Å². The smallest absolute Gasteiger partial charge is 0.127 e. The molecule has 2 aromatic rings. The first-order chi connectivity index (χ1) is 8.16. The maximum Gasteiger partial charge on any atom is 0.127 e. The van der Waals surface area contributed by atoms with Crippen LogP contribution in [0, 0.1) is 11.6 Å². The van der Waals surface area contributed by atoms with Gasteiger partial charge in [0.2, 0.25) is 0 Å². The van der Waals surface area contributed by atoms with Gasteiger partial charge in [0.1, 0.15) is 11.6 Å². The zero-order valence-corrected chi connectivity index (χ0v) is 9.45. The normalized spacial score (nSPS) is 10.8. The van der Waals surface area contributed by atoms with Gasteiger partial charge in [-0.15, -0.1) is 0 Å². The van der Waals surface area contributed by atoms with Gasteiger partial charge in [0, 0.05) is 31.9 Å². The zero-order chi connectivity index (χ0) is 12.3. The van der Waals surface area contributed by atoms with Gasteiger partial charge in [-0.3, -0.25) is 4.68 Å². The summed E-state index contributed by atoms with van der Waals surface area (Å²) in [6.07, 6.45) is 1.69. The zero-order valence-electron chi connectivity index (χ0n) is 9.45. The van der Waals surface area contributed by atoms with Crippen LogP contribution in [0.25, 0.3) is 0 Å². The third-order valence-corrected chi connectivity index (χ3v) is 2.55. The lowest BCUT2D eigenvalue weighted by Gasteiger charge is -2.06. The van der Waals surface area contributed by atoms with E-state index < -0.39 is 11.6 Å². The van der Waals surface area contributed by atoms with E-state index in [1.807, 2.05) is 13.1 Å². The molecule has 17 heavy (non-hydrogen) atoms. The van der Waals surface area contributed by atoms with E-state index >= 15 is 0 Å². The number of hydrogen-bond acceptors (Lipinski definition) is 2. The molecule has 2 rings (SSSR count). The van der Waals surface area contributed by atoms with Crippen LogP contribution in [0.2, 0.25) is 0 Å². The van der Waals surface area contributed by atoms with Gasteiger partial charge in [-0.05, 0) is 24.3 Å². The minimum atomic E-state index is -0.427. The maximum absolute atomic E-state index is 13.3. The summed E-state index contributed by atoms with van der Waals surface area (Å²) in [4.78, 5) is 0. The van der Waals surface area contributed by atoms with E-state index in [4.69, 9.17) is 0 Å². The molecule has 0 saturated carbocycles. The van der Waals surface area contributed by atoms with Gasteiger partial charge in [0.15, 0.2) is 0 Å². The van der Waals surface area contributed by atoms with Crippen LogP contribution in [0.4, 0.5) is 8.78 Å². The summed E-state index contributed by atoms with van der Waals surface area (Å²) in [5, 5.41) is 7.06. The molecular formula is C12H13F2N3. The topological polar surface area (TPSA) is 29.9 Å². The Labute approximate surface area is 98.1 Å². The molecule has 0 atom stereocenters. The fourth-order valence-electron chi connectivity index (χ4n) is 1.58. The molecule has 1 heterocycles. The number of halogens is 2. The second kappa shape index (κ2) is 5.05. The Bertz CT molecular complexity index is 508. The van der Waals surface area contributed by atoms with Gasteiger partial charge in [-0.25, -0.2) is 8.78 Å². The Morgan fingerprint density at radius 2 is 2.06 bits per heavy atom. The van der Waals surface area contributed by atoms with Crippen molar-refractivity contribution in [3.05, 3.63) is 53.4 Å². The van der Waals surface area contributed by atoms with Crippen molar-refractivity contribution in [2.75, 3.05) is 0 Å². The lowest BCUT2D eigenvalue weighted by molar-refractivity contribution is 0.561. The van der Waals surface area contributed by atoms with E-state index in [1.165, 1.54) is 6.07 Å². The van der Waals surface area contributed by atoms with Crippen molar-refractivity contribution < 1.29 is 8.78 Å². The summed E-state index contributed by atoms with van der Waals surface area (Å²) in [6, 6.07) is 5.32. The molecule has 0 spiro atoms. The van der Waals surface area contributed by atoms with Crippen molar-refractivity contribution in [1.82, 2.24) is 15.1 Å². The number of rotatable bonds is 4. The Morgan fingerprint density at radius 3 is 2.76 bits per heavy atom. The van der Waals surface area contributed by atoms with Crippen molar-refractivity contribution in [2.24, 2.45) is 7.05 Å². The van der Waals surface area contributed by atoms with Crippen LogP contribution < -0.4 is 5.32 Å². The van der Waals surface area contributed by atoms with Gasteiger partial charge >= 0.3 is 0 Å². The number of aryl methyl sites for hydroxylation is 1. The summed E-state index contributed by atoms with van der Waals surface area (Å²) in [6.45, 7) is 0.848. The second-order valence-electron chi connectivity index (χ2n) is 3.79. The molecule has 0 fully saturated rings. The van der Waals surface area contributed by atoms with Crippen molar-refractivity contribution >= 4 is 0 Å². The van der Waals surface area contributed by atoms with Crippen molar-refractivity contribution in [3.8, 4) is 0 Å². The standard InChI is InChI=1S/C12H13F2N3/c1-17-11(4-5-16-17)8-15-7-9-6-10(13)2-3-12(9)14/h2-6,15H,7-8H2,1H3. The van der Waals surface area contributed by atoms with Crippen molar-refractivity contribution in [2.45, 2.75) is 13.1 Å². The number of nitrogens with zero attached hydrogens (tertiary/aromatic N) is 2. The first-order valence-electron chi connectivity index (χ1n) is 5.28. The molecule has 0 amide bonds. The monoisotopic (exact) mass is 237 g/mol. The highest BCUT2D eigenvalue weighted by Gasteiger charge is 2.04. The fraction of sp³-hybridized carbons (Fsp3) is 0.250. The van der Waals surface area contributed by atoms with Crippen molar-refractivity contribution in [3.63, 3.8) is 0 Å². The summed E-state index contributed by atoms with van der Waals surface area (Å²) < 4.78 is 27.9. The van der Waals surface area contributed by atoms with E-state index in [0.717, 1.165) is 17.8 Å². The molecule has 0 aliphatic rings. The molecular weight excluding hydrogens is 224 g/mol.